The van der Waals surface area contributed by atoms with Crippen molar-refractivity contribution >= 4 is 22.2 Å². The Kier molecular flexibility index (Phi) is 4.57. The van der Waals surface area contributed by atoms with Crippen LogP contribution in [0.1, 0.15) is 32.1 Å². The SMILES string of the molecule is Cc1sc2c(c1C)CN(Cc1ccccn1)CN2C(=O)c1ccccc1. The van der Waals surface area contributed by atoms with Gasteiger partial charge in [-0.3, -0.25) is 19.6 Å². The van der Waals surface area contributed by atoms with Crippen molar-refractivity contribution in [3.63, 3.8) is 0 Å². The highest BCUT2D eigenvalue weighted by Crippen LogP contribution is 2.40. The van der Waals surface area contributed by atoms with Gasteiger partial charge in [-0.1, -0.05) is 24.3 Å². The van der Waals surface area contributed by atoms with Gasteiger partial charge in [0, 0.05) is 35.3 Å². The minimum absolute atomic E-state index is 0.0545. The highest BCUT2D eigenvalue weighted by Gasteiger charge is 2.31. The van der Waals surface area contributed by atoms with Gasteiger partial charge in [0.15, 0.2) is 0 Å². The Morgan fingerprint density at radius 3 is 2.62 bits per heavy atom. The number of amides is 1. The number of aromatic nitrogens is 1. The van der Waals surface area contributed by atoms with Gasteiger partial charge < -0.3 is 0 Å². The molecule has 4 rings (SSSR count). The Morgan fingerprint density at radius 2 is 1.88 bits per heavy atom. The second-order valence-corrected chi connectivity index (χ2v) is 7.82. The molecule has 0 fully saturated rings. The van der Waals surface area contributed by atoms with Crippen molar-refractivity contribution < 1.29 is 4.79 Å². The molecule has 4 nitrogen and oxygen atoms in total. The van der Waals surface area contributed by atoms with Crippen LogP contribution in [0.5, 0.6) is 0 Å². The summed E-state index contributed by atoms with van der Waals surface area (Å²) in [6.07, 6.45) is 1.82. The molecule has 0 spiro atoms. The number of hydrogen-bond acceptors (Lipinski definition) is 4. The van der Waals surface area contributed by atoms with E-state index in [4.69, 9.17) is 0 Å². The van der Waals surface area contributed by atoms with Gasteiger partial charge in [-0.05, 0) is 43.7 Å². The Bertz CT molecular complexity index is 921. The van der Waals surface area contributed by atoms with Crippen molar-refractivity contribution in [2.75, 3.05) is 11.6 Å². The molecule has 0 radical (unpaired) electrons. The first-order valence-electron chi connectivity index (χ1n) is 8.71. The van der Waals surface area contributed by atoms with E-state index in [0.717, 1.165) is 29.3 Å². The third kappa shape index (κ3) is 3.16. The molecule has 26 heavy (non-hydrogen) atoms. The van der Waals surface area contributed by atoms with Crippen molar-refractivity contribution in [2.45, 2.75) is 26.9 Å². The van der Waals surface area contributed by atoms with E-state index in [1.54, 1.807) is 11.3 Å². The maximum atomic E-state index is 13.2. The average molecular weight is 363 g/mol. The Labute approximate surface area is 157 Å². The topological polar surface area (TPSA) is 36.4 Å². The molecule has 1 aromatic carbocycles. The fraction of sp³-hybridized carbons (Fsp3) is 0.238. The summed E-state index contributed by atoms with van der Waals surface area (Å²) < 4.78 is 0. The number of rotatable bonds is 3. The first kappa shape index (κ1) is 16.9. The average Bonchev–Trinajstić information content (AvgIpc) is 2.97. The maximum absolute atomic E-state index is 13.2. The third-order valence-corrected chi connectivity index (χ3v) is 6.11. The van der Waals surface area contributed by atoms with E-state index in [1.807, 2.05) is 59.6 Å². The molecule has 0 N–H and O–H groups in total. The number of carbonyl (C=O) groups excluding carboxylic acids is 1. The van der Waals surface area contributed by atoms with Crippen molar-refractivity contribution in [3.8, 4) is 0 Å². The monoisotopic (exact) mass is 363 g/mol. The standard InChI is InChI=1S/C21H21N3OS/c1-15-16(2)26-21-19(15)13-23(12-18-10-6-7-11-22-18)14-24(21)20(25)17-8-4-3-5-9-17/h3-11H,12-14H2,1-2H3. The van der Waals surface area contributed by atoms with Crippen molar-refractivity contribution in [3.05, 3.63) is 82.0 Å². The van der Waals surface area contributed by atoms with E-state index in [9.17, 15) is 4.79 Å². The van der Waals surface area contributed by atoms with Crippen molar-refractivity contribution in [2.24, 2.45) is 0 Å². The van der Waals surface area contributed by atoms with Crippen LogP contribution in [-0.2, 0) is 13.1 Å². The van der Waals surface area contributed by atoms with Crippen LogP contribution >= 0.6 is 11.3 Å². The number of nitrogens with zero attached hydrogens (tertiary/aromatic N) is 3. The predicted molar refractivity (Wildman–Crippen MR) is 105 cm³/mol. The zero-order valence-electron chi connectivity index (χ0n) is 15.0. The molecule has 0 unspecified atom stereocenters. The molecular formula is C21H21N3OS. The van der Waals surface area contributed by atoms with Gasteiger partial charge in [0.05, 0.1) is 12.4 Å². The van der Waals surface area contributed by atoms with Gasteiger partial charge in [0.2, 0.25) is 0 Å². The summed E-state index contributed by atoms with van der Waals surface area (Å²) in [5.41, 5.74) is 4.30. The smallest absolute Gasteiger partial charge is 0.260 e. The number of aryl methyl sites for hydroxylation is 1. The molecule has 5 heteroatoms. The number of fused-ring (bicyclic) bond motifs is 1. The summed E-state index contributed by atoms with van der Waals surface area (Å²) >= 11 is 1.72. The Morgan fingerprint density at radius 1 is 1.12 bits per heavy atom. The molecule has 2 aromatic heterocycles. The van der Waals surface area contributed by atoms with E-state index in [1.165, 1.54) is 16.0 Å². The number of thiophene rings is 1. The van der Waals surface area contributed by atoms with Crippen LogP contribution in [-0.4, -0.2) is 22.5 Å². The van der Waals surface area contributed by atoms with Gasteiger partial charge in [0.25, 0.3) is 5.91 Å². The summed E-state index contributed by atoms with van der Waals surface area (Å²) in [7, 11) is 0. The maximum Gasteiger partial charge on any atom is 0.260 e. The lowest BCUT2D eigenvalue weighted by Crippen LogP contribution is -2.44. The molecule has 1 amide bonds. The van der Waals surface area contributed by atoms with Crippen LogP contribution in [0.3, 0.4) is 0 Å². The third-order valence-electron chi connectivity index (χ3n) is 4.83. The highest BCUT2D eigenvalue weighted by molar-refractivity contribution is 7.16. The number of pyridine rings is 1. The molecule has 1 aliphatic rings. The lowest BCUT2D eigenvalue weighted by atomic mass is 10.1. The Balaban J connectivity index is 1.68. The van der Waals surface area contributed by atoms with E-state index in [0.29, 0.717) is 6.67 Å². The molecule has 0 saturated heterocycles. The largest absolute Gasteiger partial charge is 0.286 e. The fourth-order valence-corrected chi connectivity index (χ4v) is 4.48. The first-order valence-corrected chi connectivity index (χ1v) is 9.53. The molecule has 3 heterocycles. The highest BCUT2D eigenvalue weighted by atomic mass is 32.1. The quantitative estimate of drug-likeness (QED) is 0.693. The second-order valence-electron chi connectivity index (χ2n) is 6.62. The van der Waals surface area contributed by atoms with Crippen molar-refractivity contribution in [1.29, 1.82) is 0 Å². The molecule has 0 bridgehead atoms. The molecular weight excluding hydrogens is 342 g/mol. The molecule has 3 aromatic rings. The van der Waals surface area contributed by atoms with E-state index in [-0.39, 0.29) is 5.91 Å². The predicted octanol–water partition coefficient (Wildman–Crippen LogP) is 4.38. The number of hydrogen-bond donors (Lipinski definition) is 0. The fourth-order valence-electron chi connectivity index (χ4n) is 3.32. The first-order chi connectivity index (χ1) is 12.6. The van der Waals surface area contributed by atoms with Crippen LogP contribution in [0.4, 0.5) is 5.00 Å². The van der Waals surface area contributed by atoms with E-state index < -0.39 is 0 Å². The van der Waals surface area contributed by atoms with Crippen LogP contribution in [0.25, 0.3) is 0 Å². The zero-order valence-corrected chi connectivity index (χ0v) is 15.8. The minimum atomic E-state index is 0.0545. The van der Waals surface area contributed by atoms with Gasteiger partial charge in [-0.2, -0.15) is 0 Å². The number of anilines is 1. The van der Waals surface area contributed by atoms with Gasteiger partial charge in [-0.25, -0.2) is 0 Å². The van der Waals surface area contributed by atoms with Crippen LogP contribution in [0.15, 0.2) is 54.7 Å². The summed E-state index contributed by atoms with van der Waals surface area (Å²) in [5.74, 6) is 0.0545. The van der Waals surface area contributed by atoms with E-state index in [2.05, 4.69) is 23.7 Å². The molecule has 0 atom stereocenters. The zero-order chi connectivity index (χ0) is 18.1. The van der Waals surface area contributed by atoms with Crippen LogP contribution in [0, 0.1) is 13.8 Å². The van der Waals surface area contributed by atoms with Crippen molar-refractivity contribution in [1.82, 2.24) is 9.88 Å². The van der Waals surface area contributed by atoms with Gasteiger partial charge in [-0.15, -0.1) is 11.3 Å². The lowest BCUT2D eigenvalue weighted by molar-refractivity contribution is 0.0956. The van der Waals surface area contributed by atoms with Gasteiger partial charge >= 0.3 is 0 Å². The van der Waals surface area contributed by atoms with Crippen LogP contribution in [0.2, 0.25) is 0 Å². The summed E-state index contributed by atoms with van der Waals surface area (Å²) in [4.78, 5) is 23.1. The summed E-state index contributed by atoms with van der Waals surface area (Å²) in [6, 6.07) is 15.5. The number of carbonyl (C=O) groups is 1. The summed E-state index contributed by atoms with van der Waals surface area (Å²) in [5, 5.41) is 1.09. The second kappa shape index (κ2) is 7.02. The summed E-state index contributed by atoms with van der Waals surface area (Å²) in [6.45, 7) is 6.44. The van der Waals surface area contributed by atoms with E-state index >= 15 is 0 Å². The molecule has 0 aliphatic carbocycles. The lowest BCUT2D eigenvalue weighted by Gasteiger charge is -2.35. The molecule has 0 saturated carbocycles. The molecule has 1 aliphatic heterocycles. The molecule has 132 valence electrons. The normalized spacial score (nSPS) is 14.3. The number of benzene rings is 1. The van der Waals surface area contributed by atoms with Gasteiger partial charge in [0.1, 0.15) is 5.00 Å². The minimum Gasteiger partial charge on any atom is -0.286 e. The van der Waals surface area contributed by atoms with Crippen LogP contribution < -0.4 is 4.90 Å². The Hall–Kier alpha value is -2.50.